The van der Waals surface area contributed by atoms with Crippen molar-refractivity contribution >= 4 is 39.5 Å². The van der Waals surface area contributed by atoms with Crippen molar-refractivity contribution in [3.63, 3.8) is 0 Å². The molecule has 0 saturated heterocycles. The summed E-state index contributed by atoms with van der Waals surface area (Å²) in [5, 5.41) is 10.6. The van der Waals surface area contributed by atoms with Gasteiger partial charge in [-0.05, 0) is 43.4 Å². The normalized spacial score (nSPS) is 14.0. The monoisotopic (exact) mass is 1420 g/mol. The number of hydrogen-bond donors (Lipinski definition) is 3. The van der Waals surface area contributed by atoms with E-state index in [0.717, 1.165) is 108 Å². The second-order valence-corrected chi connectivity index (χ2v) is 32.4. The molecule has 0 amide bonds. The maximum Gasteiger partial charge on any atom is 0.472 e. The van der Waals surface area contributed by atoms with Gasteiger partial charge in [0.05, 0.1) is 26.4 Å². The van der Waals surface area contributed by atoms with Gasteiger partial charge < -0.3 is 33.8 Å². The van der Waals surface area contributed by atoms with Gasteiger partial charge in [0, 0.05) is 25.7 Å². The number of carbonyl (C=O) groups is 4. The largest absolute Gasteiger partial charge is 0.472 e. The van der Waals surface area contributed by atoms with E-state index in [-0.39, 0.29) is 25.7 Å². The van der Waals surface area contributed by atoms with Crippen molar-refractivity contribution < 1.29 is 80.2 Å². The summed E-state index contributed by atoms with van der Waals surface area (Å²) in [6.07, 6.45) is 55.3. The molecule has 0 aromatic heterocycles. The highest BCUT2D eigenvalue weighted by Gasteiger charge is 2.30. The Hall–Kier alpha value is -1.94. The van der Waals surface area contributed by atoms with Crippen molar-refractivity contribution in [2.45, 2.75) is 420 Å². The van der Waals surface area contributed by atoms with E-state index in [4.69, 9.17) is 37.0 Å². The van der Waals surface area contributed by atoms with Gasteiger partial charge in [0.1, 0.15) is 19.3 Å². The predicted molar refractivity (Wildman–Crippen MR) is 395 cm³/mol. The molecule has 17 nitrogen and oxygen atoms in total. The van der Waals surface area contributed by atoms with Crippen LogP contribution in [0.1, 0.15) is 402 Å². The lowest BCUT2D eigenvalue weighted by atomic mass is 10.0. The third-order valence-corrected chi connectivity index (χ3v) is 20.0. The topological polar surface area (TPSA) is 237 Å². The van der Waals surface area contributed by atoms with Crippen molar-refractivity contribution in [3.8, 4) is 0 Å². The molecule has 0 bridgehead atoms. The minimum atomic E-state index is -4.96. The highest BCUT2D eigenvalue weighted by molar-refractivity contribution is 7.47. The standard InChI is InChI=1S/C78H152O17P2/c1-8-9-10-11-12-13-21-31-38-45-52-59-75(80)88-65-73(95-78(83)62-55-48-41-34-27-20-24-30-37-44-51-58-71(6)7)67-92-96(84,85)90-63-72(79)64-91-97(86,87)93-68-74(66-89-76(81)60-53-46-39-32-26-19-23-29-36-43-50-57-70(4)5)94-77(82)61-54-47-40-33-25-18-16-14-15-17-22-28-35-42-49-56-69(2)3/h69-74,79H,8-68H2,1-7H3,(H,84,85)(H,86,87)/t72-,73+,74+/m0/s1. The van der Waals surface area contributed by atoms with Crippen LogP contribution in [0.25, 0.3) is 0 Å². The summed E-state index contributed by atoms with van der Waals surface area (Å²) >= 11 is 0. The summed E-state index contributed by atoms with van der Waals surface area (Å²) in [4.78, 5) is 72.9. The van der Waals surface area contributed by atoms with Gasteiger partial charge in [-0.3, -0.25) is 37.3 Å². The number of phosphoric ester groups is 2. The van der Waals surface area contributed by atoms with Crippen LogP contribution in [0.4, 0.5) is 0 Å². The van der Waals surface area contributed by atoms with Gasteiger partial charge in [-0.25, -0.2) is 9.13 Å². The average Bonchev–Trinajstić information content (AvgIpc) is 1.12. The molecule has 0 aliphatic rings. The minimum Gasteiger partial charge on any atom is -0.462 e. The van der Waals surface area contributed by atoms with Gasteiger partial charge in [-0.15, -0.1) is 0 Å². The summed E-state index contributed by atoms with van der Waals surface area (Å²) in [5.74, 6) is 0.226. The Morgan fingerprint density at radius 2 is 0.474 bits per heavy atom. The summed E-state index contributed by atoms with van der Waals surface area (Å²) in [6.45, 7) is 11.9. The van der Waals surface area contributed by atoms with Gasteiger partial charge in [0.2, 0.25) is 0 Å². The third kappa shape index (κ3) is 72.2. The molecule has 0 heterocycles. The molecule has 0 aromatic rings. The first-order valence-electron chi connectivity index (χ1n) is 40.3. The molecule has 19 heteroatoms. The Morgan fingerprint density at radius 1 is 0.278 bits per heavy atom. The number of hydrogen-bond acceptors (Lipinski definition) is 15. The van der Waals surface area contributed by atoms with Crippen LogP contribution < -0.4 is 0 Å². The van der Waals surface area contributed by atoms with Crippen LogP contribution in [-0.4, -0.2) is 96.7 Å². The Balaban J connectivity index is 5.26. The molecule has 0 spiro atoms. The first kappa shape index (κ1) is 95.1. The molecule has 0 saturated carbocycles. The molecule has 97 heavy (non-hydrogen) atoms. The molecule has 5 atom stereocenters. The van der Waals surface area contributed by atoms with E-state index in [1.807, 2.05) is 0 Å². The van der Waals surface area contributed by atoms with E-state index in [2.05, 4.69) is 48.5 Å². The van der Waals surface area contributed by atoms with Crippen LogP contribution in [0.2, 0.25) is 0 Å². The van der Waals surface area contributed by atoms with E-state index in [9.17, 15) is 43.2 Å². The number of aliphatic hydroxyl groups is 1. The second kappa shape index (κ2) is 68.5. The maximum absolute atomic E-state index is 13.1. The second-order valence-electron chi connectivity index (χ2n) is 29.5. The molecule has 0 radical (unpaired) electrons. The lowest BCUT2D eigenvalue weighted by Gasteiger charge is -2.21. The SMILES string of the molecule is CCCCCCCCCCCCCC(=O)OC[C@H](COP(=O)(O)OC[C@H](O)COP(=O)(O)OC[C@@H](COC(=O)CCCCCCCCCCCCCC(C)C)OC(=O)CCCCCCCCCCCCCCCCCC(C)C)OC(=O)CCCCCCCCCCCCCC(C)C. The number of ether oxygens (including phenoxy) is 4. The van der Waals surface area contributed by atoms with Crippen LogP contribution in [0, 0.1) is 17.8 Å². The molecule has 0 rings (SSSR count). The lowest BCUT2D eigenvalue weighted by molar-refractivity contribution is -0.161. The van der Waals surface area contributed by atoms with Crippen molar-refractivity contribution in [2.24, 2.45) is 17.8 Å². The van der Waals surface area contributed by atoms with Crippen LogP contribution in [-0.2, 0) is 65.4 Å². The van der Waals surface area contributed by atoms with Gasteiger partial charge in [-0.1, -0.05) is 350 Å². The first-order chi connectivity index (χ1) is 46.7. The summed E-state index contributed by atoms with van der Waals surface area (Å²) in [7, 11) is -9.92. The number of esters is 4. The van der Waals surface area contributed by atoms with E-state index in [0.29, 0.717) is 25.7 Å². The molecule has 0 aliphatic carbocycles. The van der Waals surface area contributed by atoms with Crippen LogP contribution in [0.15, 0.2) is 0 Å². The fraction of sp³-hybridized carbons (Fsp3) is 0.949. The molecule has 3 N–H and O–H groups in total. The summed E-state index contributed by atoms with van der Waals surface area (Å²) in [6, 6.07) is 0. The molecule has 0 fully saturated rings. The molecule has 0 aromatic carbocycles. The fourth-order valence-electron chi connectivity index (χ4n) is 12.0. The zero-order valence-electron chi connectivity index (χ0n) is 63.5. The molecular weight excluding hydrogens is 1270 g/mol. The quantitative estimate of drug-likeness (QED) is 0.0222. The summed E-state index contributed by atoms with van der Waals surface area (Å²) in [5.41, 5.74) is 0. The Kier molecular flexibility index (Phi) is 67.1. The summed E-state index contributed by atoms with van der Waals surface area (Å²) < 4.78 is 68.6. The van der Waals surface area contributed by atoms with Gasteiger partial charge in [0.25, 0.3) is 0 Å². The van der Waals surface area contributed by atoms with E-state index >= 15 is 0 Å². The smallest absolute Gasteiger partial charge is 0.462 e. The van der Waals surface area contributed by atoms with Crippen molar-refractivity contribution in [1.29, 1.82) is 0 Å². The van der Waals surface area contributed by atoms with Crippen molar-refractivity contribution in [1.82, 2.24) is 0 Å². The zero-order valence-corrected chi connectivity index (χ0v) is 65.3. The average molecular weight is 1420 g/mol. The molecule has 576 valence electrons. The van der Waals surface area contributed by atoms with E-state index in [1.165, 1.54) is 212 Å². The van der Waals surface area contributed by atoms with E-state index < -0.39 is 97.5 Å². The molecule has 2 unspecified atom stereocenters. The zero-order chi connectivity index (χ0) is 71.6. The highest BCUT2D eigenvalue weighted by Crippen LogP contribution is 2.45. The number of aliphatic hydroxyl groups excluding tert-OH is 1. The van der Waals surface area contributed by atoms with Crippen LogP contribution >= 0.6 is 15.6 Å². The number of carbonyl (C=O) groups excluding carboxylic acids is 4. The molecule has 0 aliphatic heterocycles. The van der Waals surface area contributed by atoms with E-state index in [1.54, 1.807) is 0 Å². The first-order valence-corrected chi connectivity index (χ1v) is 43.3. The van der Waals surface area contributed by atoms with Crippen molar-refractivity contribution in [3.05, 3.63) is 0 Å². The van der Waals surface area contributed by atoms with Crippen LogP contribution in [0.3, 0.4) is 0 Å². The molecular formula is C78H152O17P2. The van der Waals surface area contributed by atoms with Crippen molar-refractivity contribution in [2.75, 3.05) is 39.6 Å². The Labute approximate surface area is 594 Å². The van der Waals surface area contributed by atoms with Gasteiger partial charge in [-0.2, -0.15) is 0 Å². The Bertz CT molecular complexity index is 1890. The van der Waals surface area contributed by atoms with Crippen LogP contribution in [0.5, 0.6) is 0 Å². The Morgan fingerprint density at radius 3 is 0.701 bits per heavy atom. The van der Waals surface area contributed by atoms with Gasteiger partial charge >= 0.3 is 39.5 Å². The van der Waals surface area contributed by atoms with Gasteiger partial charge in [0.15, 0.2) is 12.2 Å². The number of unbranched alkanes of at least 4 members (excludes halogenated alkanes) is 44. The predicted octanol–water partition coefficient (Wildman–Crippen LogP) is 23.0. The lowest BCUT2D eigenvalue weighted by Crippen LogP contribution is -2.30. The number of phosphoric acid groups is 2. The number of rotatable bonds is 76. The fourth-order valence-corrected chi connectivity index (χ4v) is 13.5. The highest BCUT2D eigenvalue weighted by atomic mass is 31.2. The minimum absolute atomic E-state index is 0.107. The maximum atomic E-state index is 13.1. The third-order valence-electron chi connectivity index (χ3n) is 18.1.